The third kappa shape index (κ3) is 1.23. The van der Waals surface area contributed by atoms with Gasteiger partial charge in [0.15, 0.2) is 5.78 Å². The summed E-state index contributed by atoms with van der Waals surface area (Å²) in [7, 11) is 0. The molecule has 16 heavy (non-hydrogen) atoms. The van der Waals surface area contributed by atoms with Crippen molar-refractivity contribution in [3.63, 3.8) is 0 Å². The molecule has 3 heteroatoms. The molecule has 0 aliphatic heterocycles. The van der Waals surface area contributed by atoms with Crippen LogP contribution in [0.4, 0.5) is 0 Å². The van der Waals surface area contributed by atoms with E-state index in [1.807, 2.05) is 12.1 Å². The molecule has 0 radical (unpaired) electrons. The van der Waals surface area contributed by atoms with Crippen LogP contribution in [0.3, 0.4) is 0 Å². The van der Waals surface area contributed by atoms with E-state index in [-0.39, 0.29) is 11.4 Å². The van der Waals surface area contributed by atoms with Crippen LogP contribution in [-0.4, -0.2) is 5.78 Å². The fourth-order valence-electron chi connectivity index (χ4n) is 2.03. The molecule has 0 saturated carbocycles. The van der Waals surface area contributed by atoms with E-state index < -0.39 is 5.92 Å². The molecular formula is C13H8N2O. The lowest BCUT2D eigenvalue weighted by Gasteiger charge is -2.03. The topological polar surface area (TPSA) is 64.7 Å². The molecule has 1 aliphatic rings. The quantitative estimate of drug-likeness (QED) is 0.614. The lowest BCUT2D eigenvalue weighted by atomic mass is 9.96. The second-order valence-corrected chi connectivity index (χ2v) is 3.64. The Kier molecular flexibility index (Phi) is 2.31. The first kappa shape index (κ1) is 10.1. The summed E-state index contributed by atoms with van der Waals surface area (Å²) < 4.78 is 0. The summed E-state index contributed by atoms with van der Waals surface area (Å²) in [5.74, 6) is -0.416. The molecule has 0 saturated heterocycles. The summed E-state index contributed by atoms with van der Waals surface area (Å²) >= 11 is 0. The van der Waals surface area contributed by atoms with E-state index in [2.05, 4.69) is 0 Å². The van der Waals surface area contributed by atoms with E-state index in [1.54, 1.807) is 31.2 Å². The Morgan fingerprint density at radius 1 is 1.19 bits per heavy atom. The Bertz CT molecular complexity index is 569. The van der Waals surface area contributed by atoms with Crippen LogP contribution in [0.15, 0.2) is 29.8 Å². The molecule has 2 rings (SSSR count). The zero-order chi connectivity index (χ0) is 11.7. The Hall–Kier alpha value is -2.39. The molecule has 1 atom stereocenters. The minimum Gasteiger partial charge on any atom is -0.293 e. The van der Waals surface area contributed by atoms with Crippen molar-refractivity contribution >= 4 is 11.4 Å². The molecule has 3 nitrogen and oxygen atoms in total. The molecule has 1 aromatic carbocycles. The van der Waals surface area contributed by atoms with Gasteiger partial charge in [-0.25, -0.2) is 0 Å². The van der Waals surface area contributed by atoms with Gasteiger partial charge in [-0.15, -0.1) is 0 Å². The van der Waals surface area contributed by atoms with Crippen molar-refractivity contribution in [2.45, 2.75) is 6.92 Å². The predicted octanol–water partition coefficient (Wildman–Crippen LogP) is 2.32. The summed E-state index contributed by atoms with van der Waals surface area (Å²) in [6.07, 6.45) is 0. The zero-order valence-electron chi connectivity index (χ0n) is 8.69. The van der Waals surface area contributed by atoms with Crippen molar-refractivity contribution in [2.75, 3.05) is 0 Å². The van der Waals surface area contributed by atoms with Crippen molar-refractivity contribution in [1.82, 2.24) is 0 Å². The maximum absolute atomic E-state index is 11.9. The van der Waals surface area contributed by atoms with Gasteiger partial charge in [0.05, 0.1) is 0 Å². The summed E-state index contributed by atoms with van der Waals surface area (Å²) in [5, 5.41) is 17.7. The number of nitrogens with zero attached hydrogens (tertiary/aromatic N) is 2. The van der Waals surface area contributed by atoms with Crippen LogP contribution in [0, 0.1) is 28.6 Å². The van der Waals surface area contributed by atoms with E-state index in [0.29, 0.717) is 11.1 Å². The number of hydrogen-bond acceptors (Lipinski definition) is 3. The highest BCUT2D eigenvalue weighted by Gasteiger charge is 2.33. The first-order chi connectivity index (χ1) is 7.70. The maximum Gasteiger partial charge on any atom is 0.170 e. The monoisotopic (exact) mass is 208 g/mol. The fraction of sp³-hybridized carbons (Fsp3) is 0.154. The van der Waals surface area contributed by atoms with Crippen LogP contribution >= 0.6 is 0 Å². The van der Waals surface area contributed by atoms with E-state index in [0.717, 1.165) is 5.56 Å². The van der Waals surface area contributed by atoms with Crippen LogP contribution in [0.25, 0.3) is 5.57 Å². The average Bonchev–Trinajstić information content (AvgIpc) is 2.57. The minimum absolute atomic E-state index is 0.0198. The number of nitriles is 2. The smallest absolute Gasteiger partial charge is 0.170 e. The minimum atomic E-state index is -0.397. The van der Waals surface area contributed by atoms with Crippen molar-refractivity contribution in [1.29, 1.82) is 10.5 Å². The number of Topliss-reactive ketones (excluding diaryl/α,β-unsaturated/α-hetero) is 1. The number of fused-ring (bicyclic) bond motifs is 1. The molecule has 1 aromatic rings. The average molecular weight is 208 g/mol. The SMILES string of the molecule is C[C@@H]1C(=O)c2ccccc2C1=C(C#N)C#N. The Labute approximate surface area is 93.2 Å². The van der Waals surface area contributed by atoms with Gasteiger partial charge in [-0.05, 0) is 11.1 Å². The van der Waals surface area contributed by atoms with Crippen molar-refractivity contribution in [2.24, 2.45) is 5.92 Å². The third-order valence-corrected chi connectivity index (χ3v) is 2.80. The predicted molar refractivity (Wildman–Crippen MR) is 58.1 cm³/mol. The number of hydrogen-bond donors (Lipinski definition) is 0. The van der Waals surface area contributed by atoms with Gasteiger partial charge in [0.25, 0.3) is 0 Å². The highest BCUT2D eigenvalue weighted by molar-refractivity contribution is 6.14. The van der Waals surface area contributed by atoms with Crippen LogP contribution in [0.5, 0.6) is 0 Å². The lowest BCUT2D eigenvalue weighted by molar-refractivity contribution is 0.0965. The highest BCUT2D eigenvalue weighted by atomic mass is 16.1. The van der Waals surface area contributed by atoms with Gasteiger partial charge >= 0.3 is 0 Å². The number of benzene rings is 1. The normalized spacial score (nSPS) is 17.6. The first-order valence-corrected chi connectivity index (χ1v) is 4.88. The summed E-state index contributed by atoms with van der Waals surface area (Å²) in [6.45, 7) is 1.73. The number of carbonyl (C=O) groups is 1. The molecule has 1 aliphatic carbocycles. The molecule has 0 heterocycles. The van der Waals surface area contributed by atoms with Crippen molar-refractivity contribution in [3.8, 4) is 12.1 Å². The van der Waals surface area contributed by atoms with Gasteiger partial charge < -0.3 is 0 Å². The van der Waals surface area contributed by atoms with Gasteiger partial charge in [-0.1, -0.05) is 31.2 Å². The molecular weight excluding hydrogens is 200 g/mol. The number of carbonyl (C=O) groups excluding carboxylic acids is 1. The van der Waals surface area contributed by atoms with Gasteiger partial charge in [0, 0.05) is 11.5 Å². The maximum atomic E-state index is 11.9. The van der Waals surface area contributed by atoms with E-state index in [9.17, 15) is 4.79 Å². The van der Waals surface area contributed by atoms with Gasteiger partial charge in [-0.2, -0.15) is 10.5 Å². The molecule has 76 valence electrons. The van der Waals surface area contributed by atoms with Crippen LogP contribution in [0.1, 0.15) is 22.8 Å². The van der Waals surface area contributed by atoms with Crippen LogP contribution in [-0.2, 0) is 0 Å². The van der Waals surface area contributed by atoms with Crippen LogP contribution in [0.2, 0.25) is 0 Å². The van der Waals surface area contributed by atoms with E-state index >= 15 is 0 Å². The van der Waals surface area contributed by atoms with Gasteiger partial charge in [0.2, 0.25) is 0 Å². The summed E-state index contributed by atoms with van der Waals surface area (Å²) in [5.41, 5.74) is 1.92. The largest absolute Gasteiger partial charge is 0.293 e. The molecule has 0 aromatic heterocycles. The standard InChI is InChI=1S/C13H8N2O/c1-8-12(9(6-14)7-15)10-4-2-3-5-11(10)13(8)16/h2-5,8H,1H3/t8-/m0/s1. The lowest BCUT2D eigenvalue weighted by Crippen LogP contribution is -2.03. The molecule has 0 unspecified atom stereocenters. The molecule has 0 bridgehead atoms. The third-order valence-electron chi connectivity index (χ3n) is 2.80. The molecule has 0 fully saturated rings. The Balaban J connectivity index is 2.78. The number of ketones is 1. The second-order valence-electron chi connectivity index (χ2n) is 3.64. The number of rotatable bonds is 0. The van der Waals surface area contributed by atoms with Crippen LogP contribution < -0.4 is 0 Å². The van der Waals surface area contributed by atoms with Gasteiger partial charge in [-0.3, -0.25) is 4.79 Å². The number of allylic oxidation sites excluding steroid dienone is 2. The Morgan fingerprint density at radius 3 is 2.31 bits per heavy atom. The first-order valence-electron chi connectivity index (χ1n) is 4.88. The molecule has 0 amide bonds. The Morgan fingerprint density at radius 2 is 1.75 bits per heavy atom. The fourth-order valence-corrected chi connectivity index (χ4v) is 2.03. The van der Waals surface area contributed by atoms with Crippen molar-refractivity contribution in [3.05, 3.63) is 41.0 Å². The summed E-state index contributed by atoms with van der Waals surface area (Å²) in [6, 6.07) is 10.8. The summed E-state index contributed by atoms with van der Waals surface area (Å²) in [4.78, 5) is 11.9. The second kappa shape index (κ2) is 3.64. The van der Waals surface area contributed by atoms with E-state index in [4.69, 9.17) is 10.5 Å². The molecule has 0 N–H and O–H groups in total. The van der Waals surface area contributed by atoms with E-state index in [1.165, 1.54) is 0 Å². The highest BCUT2D eigenvalue weighted by Crippen LogP contribution is 2.38. The zero-order valence-corrected chi connectivity index (χ0v) is 8.69. The van der Waals surface area contributed by atoms with Gasteiger partial charge in [0.1, 0.15) is 17.7 Å². The molecule has 0 spiro atoms. The van der Waals surface area contributed by atoms with Crippen molar-refractivity contribution < 1.29 is 4.79 Å².